The van der Waals surface area contributed by atoms with E-state index in [-0.39, 0.29) is 18.1 Å². The minimum atomic E-state index is -0.384. The Morgan fingerprint density at radius 3 is 2.33 bits per heavy atom. The predicted octanol–water partition coefficient (Wildman–Crippen LogP) is 2.38. The van der Waals surface area contributed by atoms with Gasteiger partial charge in [0.1, 0.15) is 17.3 Å². The van der Waals surface area contributed by atoms with Crippen molar-refractivity contribution in [3.63, 3.8) is 0 Å². The zero-order chi connectivity index (χ0) is 13.7. The average Bonchev–Trinajstić information content (AvgIpc) is 2.29. The van der Waals surface area contributed by atoms with Crippen molar-refractivity contribution in [3.05, 3.63) is 16.6 Å². The first kappa shape index (κ1) is 14.5. The number of ketones is 1. The van der Waals surface area contributed by atoms with E-state index in [0.717, 1.165) is 0 Å². The summed E-state index contributed by atoms with van der Waals surface area (Å²) in [4.78, 5) is 22.4. The van der Waals surface area contributed by atoms with E-state index < -0.39 is 0 Å². The van der Waals surface area contributed by atoms with E-state index in [1.165, 1.54) is 21.1 Å². The molecular formula is C12H14BrNO4. The van der Waals surface area contributed by atoms with Gasteiger partial charge in [0.25, 0.3) is 0 Å². The summed E-state index contributed by atoms with van der Waals surface area (Å²) in [5.74, 6) is 0.467. The molecule has 0 spiro atoms. The summed E-state index contributed by atoms with van der Waals surface area (Å²) in [7, 11) is 3.02. The number of Topliss-reactive ketones (excluding diaryl/α,β-unsaturated/α-hetero) is 1. The van der Waals surface area contributed by atoms with E-state index in [1.807, 2.05) is 0 Å². The maximum Gasteiger partial charge on any atom is 0.231 e. The molecule has 0 aliphatic rings. The second kappa shape index (κ2) is 6.39. The Balaban J connectivity index is 2.99. The maximum absolute atomic E-state index is 11.5. The number of amides is 1. The standard InChI is InChI=1S/C12H14BrNO4/c1-7(15)4-12(16)14-9-6-10(17-2)8(13)5-11(9)18-3/h5-6H,4H2,1-3H3,(H,14,16). The van der Waals surface area contributed by atoms with Crippen LogP contribution in [0.25, 0.3) is 0 Å². The van der Waals surface area contributed by atoms with Crippen molar-refractivity contribution in [1.29, 1.82) is 0 Å². The highest BCUT2D eigenvalue weighted by atomic mass is 79.9. The Morgan fingerprint density at radius 1 is 1.22 bits per heavy atom. The lowest BCUT2D eigenvalue weighted by Gasteiger charge is -2.12. The summed E-state index contributed by atoms with van der Waals surface area (Å²) in [6.07, 6.45) is -0.165. The lowest BCUT2D eigenvalue weighted by atomic mass is 10.2. The molecule has 0 fully saturated rings. The summed E-state index contributed by atoms with van der Waals surface area (Å²) in [5.41, 5.74) is 0.462. The lowest BCUT2D eigenvalue weighted by Crippen LogP contribution is -2.15. The van der Waals surface area contributed by atoms with Crippen molar-refractivity contribution in [2.75, 3.05) is 19.5 Å². The van der Waals surface area contributed by atoms with Crippen molar-refractivity contribution in [1.82, 2.24) is 0 Å². The molecule has 0 aliphatic carbocycles. The smallest absolute Gasteiger partial charge is 0.231 e. The highest BCUT2D eigenvalue weighted by Crippen LogP contribution is 2.36. The second-order valence-electron chi connectivity index (χ2n) is 3.61. The first-order valence-corrected chi connectivity index (χ1v) is 5.98. The van der Waals surface area contributed by atoms with E-state index in [0.29, 0.717) is 21.7 Å². The quantitative estimate of drug-likeness (QED) is 0.847. The normalized spacial score (nSPS) is 9.78. The van der Waals surface area contributed by atoms with Crippen LogP contribution < -0.4 is 14.8 Å². The molecule has 0 aromatic heterocycles. The highest BCUT2D eigenvalue weighted by Gasteiger charge is 2.13. The zero-order valence-electron chi connectivity index (χ0n) is 10.4. The molecule has 1 N–H and O–H groups in total. The fourth-order valence-corrected chi connectivity index (χ4v) is 1.86. The molecule has 1 amide bonds. The third-order valence-corrected chi connectivity index (χ3v) is 2.78. The molecule has 0 saturated heterocycles. The first-order chi connectivity index (χ1) is 8.47. The Hall–Kier alpha value is -1.56. The summed E-state index contributed by atoms with van der Waals surface area (Å²) in [6, 6.07) is 3.31. The number of anilines is 1. The fourth-order valence-electron chi connectivity index (χ4n) is 1.38. The van der Waals surface area contributed by atoms with Crippen molar-refractivity contribution in [2.24, 2.45) is 0 Å². The number of ether oxygens (including phenoxy) is 2. The van der Waals surface area contributed by atoms with E-state index in [2.05, 4.69) is 21.2 Å². The SMILES string of the molecule is COc1cc(NC(=O)CC(C)=O)c(OC)cc1Br. The number of methoxy groups -OCH3 is 2. The molecule has 0 bridgehead atoms. The van der Waals surface area contributed by atoms with Gasteiger partial charge >= 0.3 is 0 Å². The lowest BCUT2D eigenvalue weighted by molar-refractivity contribution is -0.124. The van der Waals surface area contributed by atoms with Gasteiger partial charge in [0.05, 0.1) is 30.8 Å². The number of hydrogen-bond acceptors (Lipinski definition) is 4. The van der Waals surface area contributed by atoms with Gasteiger partial charge in [-0.1, -0.05) is 0 Å². The number of benzene rings is 1. The average molecular weight is 316 g/mol. The van der Waals surface area contributed by atoms with Crippen LogP contribution in [-0.4, -0.2) is 25.9 Å². The number of hydrogen-bond donors (Lipinski definition) is 1. The van der Waals surface area contributed by atoms with Crippen molar-refractivity contribution in [3.8, 4) is 11.5 Å². The molecule has 1 rings (SSSR count). The van der Waals surface area contributed by atoms with Crippen molar-refractivity contribution < 1.29 is 19.1 Å². The Morgan fingerprint density at radius 2 is 1.83 bits per heavy atom. The Bertz CT molecular complexity index is 473. The van der Waals surface area contributed by atoms with Crippen molar-refractivity contribution in [2.45, 2.75) is 13.3 Å². The van der Waals surface area contributed by atoms with E-state index >= 15 is 0 Å². The Kier molecular flexibility index (Phi) is 5.15. The maximum atomic E-state index is 11.5. The van der Waals surface area contributed by atoms with Gasteiger partial charge in [0.15, 0.2) is 0 Å². The molecule has 0 atom stereocenters. The molecule has 5 nitrogen and oxygen atoms in total. The molecule has 0 heterocycles. The third kappa shape index (κ3) is 3.73. The van der Waals surface area contributed by atoms with Gasteiger partial charge in [-0.15, -0.1) is 0 Å². The molecule has 0 aliphatic heterocycles. The second-order valence-corrected chi connectivity index (χ2v) is 4.47. The minimum absolute atomic E-state index is 0.165. The monoisotopic (exact) mass is 315 g/mol. The van der Waals surface area contributed by atoms with Gasteiger partial charge in [0, 0.05) is 12.1 Å². The van der Waals surface area contributed by atoms with E-state index in [1.54, 1.807) is 12.1 Å². The molecule has 0 radical (unpaired) electrons. The van der Waals surface area contributed by atoms with Crippen molar-refractivity contribution >= 4 is 33.3 Å². The number of carbonyl (C=O) groups is 2. The van der Waals surface area contributed by atoms with Crippen LogP contribution >= 0.6 is 15.9 Å². The molecular weight excluding hydrogens is 302 g/mol. The van der Waals surface area contributed by atoms with Crippen LogP contribution in [0.2, 0.25) is 0 Å². The topological polar surface area (TPSA) is 64.6 Å². The van der Waals surface area contributed by atoms with Crippen LogP contribution in [0.5, 0.6) is 11.5 Å². The minimum Gasteiger partial charge on any atom is -0.495 e. The van der Waals surface area contributed by atoms with Gasteiger partial charge in [-0.05, 0) is 22.9 Å². The van der Waals surface area contributed by atoms with Crippen LogP contribution in [0, 0.1) is 0 Å². The fraction of sp³-hybridized carbons (Fsp3) is 0.333. The van der Waals surface area contributed by atoms with Gasteiger partial charge in [0.2, 0.25) is 5.91 Å². The van der Waals surface area contributed by atoms with Gasteiger partial charge in [-0.25, -0.2) is 0 Å². The number of rotatable bonds is 5. The summed E-state index contributed by atoms with van der Waals surface area (Å²) >= 11 is 3.32. The summed E-state index contributed by atoms with van der Waals surface area (Å²) in [6.45, 7) is 1.36. The summed E-state index contributed by atoms with van der Waals surface area (Å²) < 4.78 is 11.0. The molecule has 0 unspecified atom stereocenters. The highest BCUT2D eigenvalue weighted by molar-refractivity contribution is 9.10. The number of carbonyl (C=O) groups excluding carboxylic acids is 2. The largest absolute Gasteiger partial charge is 0.495 e. The predicted molar refractivity (Wildman–Crippen MR) is 71.2 cm³/mol. The number of halogens is 1. The molecule has 1 aromatic carbocycles. The van der Waals surface area contributed by atoms with Crippen LogP contribution in [0.3, 0.4) is 0 Å². The number of nitrogens with one attached hydrogen (secondary N) is 1. The molecule has 1 aromatic rings. The Labute approximate surface area is 114 Å². The molecule has 0 saturated carbocycles. The third-order valence-electron chi connectivity index (χ3n) is 2.16. The first-order valence-electron chi connectivity index (χ1n) is 5.18. The zero-order valence-corrected chi connectivity index (χ0v) is 12.0. The van der Waals surface area contributed by atoms with Gasteiger partial charge in [-0.3, -0.25) is 9.59 Å². The molecule has 98 valence electrons. The van der Waals surface area contributed by atoms with Gasteiger partial charge in [-0.2, -0.15) is 0 Å². The van der Waals surface area contributed by atoms with E-state index in [4.69, 9.17) is 9.47 Å². The molecule has 18 heavy (non-hydrogen) atoms. The van der Waals surface area contributed by atoms with Crippen LogP contribution in [0.15, 0.2) is 16.6 Å². The van der Waals surface area contributed by atoms with Crippen LogP contribution in [-0.2, 0) is 9.59 Å². The van der Waals surface area contributed by atoms with Crippen LogP contribution in [0.1, 0.15) is 13.3 Å². The van der Waals surface area contributed by atoms with Gasteiger partial charge < -0.3 is 14.8 Å². The summed E-state index contributed by atoms with van der Waals surface area (Å²) in [5, 5.41) is 2.61. The van der Waals surface area contributed by atoms with Crippen LogP contribution in [0.4, 0.5) is 5.69 Å². The molecule has 6 heteroatoms. The van der Waals surface area contributed by atoms with E-state index in [9.17, 15) is 9.59 Å².